The van der Waals surface area contributed by atoms with Crippen molar-refractivity contribution in [1.29, 1.82) is 0 Å². The van der Waals surface area contributed by atoms with Crippen LogP contribution in [-0.2, 0) is 0 Å². The molecule has 0 spiro atoms. The predicted molar refractivity (Wildman–Crippen MR) is 82.9 cm³/mol. The van der Waals surface area contributed by atoms with Gasteiger partial charge in [0.2, 0.25) is 0 Å². The van der Waals surface area contributed by atoms with Gasteiger partial charge in [0.05, 0.1) is 5.01 Å². The highest BCUT2D eigenvalue weighted by atomic mass is 32.1. The molecular formula is C14H19N5OS. The Balaban J connectivity index is 1.53. The number of aryl methyl sites for hydroxylation is 2. The highest BCUT2D eigenvalue weighted by Gasteiger charge is 2.23. The summed E-state index contributed by atoms with van der Waals surface area (Å²) in [7, 11) is 0. The Labute approximate surface area is 127 Å². The van der Waals surface area contributed by atoms with Crippen molar-refractivity contribution < 1.29 is 4.79 Å². The molecule has 0 radical (unpaired) electrons. The van der Waals surface area contributed by atoms with Crippen LogP contribution in [0.3, 0.4) is 0 Å². The number of carbonyl (C=O) groups excluding carboxylic acids is 1. The quantitative estimate of drug-likeness (QED) is 0.908. The van der Waals surface area contributed by atoms with Crippen molar-refractivity contribution in [3.8, 4) is 0 Å². The van der Waals surface area contributed by atoms with Gasteiger partial charge in [0.1, 0.15) is 5.69 Å². The van der Waals surface area contributed by atoms with Crippen LogP contribution in [0.1, 0.15) is 34.0 Å². The molecule has 1 fully saturated rings. The number of anilines is 1. The Morgan fingerprint density at radius 3 is 2.76 bits per heavy atom. The van der Waals surface area contributed by atoms with Crippen molar-refractivity contribution in [2.75, 3.05) is 18.0 Å². The van der Waals surface area contributed by atoms with E-state index in [2.05, 4.69) is 31.5 Å². The van der Waals surface area contributed by atoms with Crippen LogP contribution in [0.15, 0.2) is 11.4 Å². The highest BCUT2D eigenvalue weighted by Crippen LogP contribution is 2.18. The average molecular weight is 305 g/mol. The lowest BCUT2D eigenvalue weighted by Crippen LogP contribution is -2.44. The molecule has 6 nitrogen and oxygen atoms in total. The predicted octanol–water partition coefficient (Wildman–Crippen LogP) is 1.88. The summed E-state index contributed by atoms with van der Waals surface area (Å²) in [4.78, 5) is 18.6. The van der Waals surface area contributed by atoms with Crippen LogP contribution < -0.4 is 10.2 Å². The monoisotopic (exact) mass is 305 g/mol. The van der Waals surface area contributed by atoms with E-state index >= 15 is 0 Å². The number of carbonyl (C=O) groups is 1. The molecule has 1 aliphatic rings. The molecule has 3 rings (SSSR count). The van der Waals surface area contributed by atoms with E-state index in [9.17, 15) is 4.79 Å². The first-order chi connectivity index (χ1) is 10.1. The molecule has 7 heteroatoms. The molecule has 1 saturated heterocycles. The first kappa shape index (κ1) is 14.1. The van der Waals surface area contributed by atoms with Crippen molar-refractivity contribution >= 4 is 23.1 Å². The summed E-state index contributed by atoms with van der Waals surface area (Å²) in [5.41, 5.74) is 1.60. The van der Waals surface area contributed by atoms with E-state index in [0.29, 0.717) is 5.69 Å². The molecule has 21 heavy (non-hydrogen) atoms. The van der Waals surface area contributed by atoms with E-state index in [4.69, 9.17) is 0 Å². The van der Waals surface area contributed by atoms with Gasteiger partial charge in [-0.3, -0.25) is 9.89 Å². The van der Waals surface area contributed by atoms with Crippen molar-refractivity contribution in [1.82, 2.24) is 20.5 Å². The average Bonchev–Trinajstić information content (AvgIpc) is 3.08. The van der Waals surface area contributed by atoms with E-state index < -0.39 is 0 Å². The van der Waals surface area contributed by atoms with Gasteiger partial charge >= 0.3 is 0 Å². The maximum absolute atomic E-state index is 12.1. The topological polar surface area (TPSA) is 73.9 Å². The molecule has 0 bridgehead atoms. The van der Waals surface area contributed by atoms with Gasteiger partial charge in [0, 0.05) is 36.3 Å². The van der Waals surface area contributed by atoms with Crippen LogP contribution in [0.5, 0.6) is 0 Å². The lowest BCUT2D eigenvalue weighted by molar-refractivity contribution is 0.0926. The van der Waals surface area contributed by atoms with Crippen LogP contribution in [0.25, 0.3) is 0 Å². The summed E-state index contributed by atoms with van der Waals surface area (Å²) in [6.07, 6.45) is 1.86. The minimum absolute atomic E-state index is 0.0617. The number of aromatic nitrogens is 3. The van der Waals surface area contributed by atoms with Gasteiger partial charge in [-0.05, 0) is 26.7 Å². The third kappa shape index (κ3) is 3.24. The molecule has 0 unspecified atom stereocenters. The highest BCUT2D eigenvalue weighted by molar-refractivity contribution is 7.09. The minimum Gasteiger partial charge on any atom is -0.355 e. The second-order valence-electron chi connectivity index (χ2n) is 5.40. The number of thiazole rings is 1. The Hall–Kier alpha value is -1.89. The molecule has 0 aromatic carbocycles. The third-order valence-corrected chi connectivity index (χ3v) is 4.47. The molecule has 2 aromatic rings. The number of hydrogen-bond acceptors (Lipinski definition) is 5. The Kier molecular flexibility index (Phi) is 3.92. The molecule has 112 valence electrons. The Bertz CT molecular complexity index is 627. The SMILES string of the molecule is Cc1cc(N2CCC(NC(=O)c3csc(C)n3)CC2)n[nH]1. The van der Waals surface area contributed by atoms with Gasteiger partial charge in [0.25, 0.3) is 5.91 Å². The fourth-order valence-electron chi connectivity index (χ4n) is 2.55. The summed E-state index contributed by atoms with van der Waals surface area (Å²) < 4.78 is 0. The van der Waals surface area contributed by atoms with E-state index in [1.165, 1.54) is 11.3 Å². The van der Waals surface area contributed by atoms with Crippen LogP contribution in [0.4, 0.5) is 5.82 Å². The molecule has 0 saturated carbocycles. The van der Waals surface area contributed by atoms with Crippen LogP contribution in [-0.4, -0.2) is 40.2 Å². The zero-order valence-corrected chi connectivity index (χ0v) is 13.0. The zero-order valence-electron chi connectivity index (χ0n) is 12.2. The van der Waals surface area contributed by atoms with Crippen LogP contribution >= 0.6 is 11.3 Å². The Morgan fingerprint density at radius 2 is 2.19 bits per heavy atom. The second-order valence-corrected chi connectivity index (χ2v) is 6.46. The number of nitrogens with zero attached hydrogens (tertiary/aromatic N) is 3. The zero-order chi connectivity index (χ0) is 14.8. The normalized spacial score (nSPS) is 16.2. The van der Waals surface area contributed by atoms with Gasteiger partial charge in [0.15, 0.2) is 5.82 Å². The summed E-state index contributed by atoms with van der Waals surface area (Å²) in [5, 5.41) is 13.1. The summed E-state index contributed by atoms with van der Waals surface area (Å²) in [6.45, 7) is 5.72. The summed E-state index contributed by atoms with van der Waals surface area (Å²) in [5.74, 6) is 0.931. The van der Waals surface area contributed by atoms with Gasteiger partial charge < -0.3 is 10.2 Å². The van der Waals surface area contributed by atoms with Gasteiger partial charge in [-0.15, -0.1) is 11.3 Å². The number of aromatic amines is 1. The number of amides is 1. The van der Waals surface area contributed by atoms with E-state index in [0.717, 1.165) is 42.5 Å². The molecule has 0 atom stereocenters. The largest absolute Gasteiger partial charge is 0.355 e. The summed E-state index contributed by atoms with van der Waals surface area (Å²) in [6, 6.07) is 2.27. The number of H-pyrrole nitrogens is 1. The van der Waals surface area contributed by atoms with E-state index in [1.54, 1.807) is 0 Å². The molecule has 2 aromatic heterocycles. The van der Waals surface area contributed by atoms with Gasteiger partial charge in [-0.25, -0.2) is 4.98 Å². The number of nitrogens with one attached hydrogen (secondary N) is 2. The first-order valence-electron chi connectivity index (χ1n) is 7.12. The lowest BCUT2D eigenvalue weighted by Gasteiger charge is -2.32. The maximum atomic E-state index is 12.1. The number of hydrogen-bond donors (Lipinski definition) is 2. The van der Waals surface area contributed by atoms with Gasteiger partial charge in [-0.2, -0.15) is 5.10 Å². The minimum atomic E-state index is -0.0617. The molecule has 2 N–H and O–H groups in total. The molecule has 1 amide bonds. The van der Waals surface area contributed by atoms with E-state index in [-0.39, 0.29) is 11.9 Å². The number of rotatable bonds is 3. The fraction of sp³-hybridized carbons (Fsp3) is 0.500. The maximum Gasteiger partial charge on any atom is 0.270 e. The van der Waals surface area contributed by atoms with Crippen LogP contribution in [0, 0.1) is 13.8 Å². The van der Waals surface area contributed by atoms with Crippen molar-refractivity contribution in [2.24, 2.45) is 0 Å². The molecule has 0 aliphatic carbocycles. The van der Waals surface area contributed by atoms with Gasteiger partial charge in [-0.1, -0.05) is 0 Å². The smallest absolute Gasteiger partial charge is 0.270 e. The third-order valence-electron chi connectivity index (χ3n) is 3.70. The van der Waals surface area contributed by atoms with Crippen LogP contribution in [0.2, 0.25) is 0 Å². The molecule has 3 heterocycles. The van der Waals surface area contributed by atoms with E-state index in [1.807, 2.05) is 19.2 Å². The van der Waals surface area contributed by atoms with Crippen molar-refractivity contribution in [2.45, 2.75) is 32.7 Å². The lowest BCUT2D eigenvalue weighted by atomic mass is 10.0. The first-order valence-corrected chi connectivity index (χ1v) is 8.00. The number of piperidine rings is 1. The standard InChI is InChI=1S/C14H19N5OS/c1-9-7-13(18-17-9)19-5-3-11(4-6-19)16-14(20)12-8-21-10(2)15-12/h7-8,11H,3-6H2,1-2H3,(H,16,20)(H,17,18). The Morgan fingerprint density at radius 1 is 1.43 bits per heavy atom. The molecule has 1 aliphatic heterocycles. The molecular weight excluding hydrogens is 286 g/mol. The fourth-order valence-corrected chi connectivity index (χ4v) is 3.14. The summed E-state index contributed by atoms with van der Waals surface area (Å²) >= 11 is 1.50. The second kappa shape index (κ2) is 5.85. The van der Waals surface area contributed by atoms with Crippen molar-refractivity contribution in [3.05, 3.63) is 27.8 Å². The van der Waals surface area contributed by atoms with Crippen molar-refractivity contribution in [3.63, 3.8) is 0 Å².